The number of nitrogens with zero attached hydrogens (tertiary/aromatic N) is 1. The van der Waals surface area contributed by atoms with Gasteiger partial charge in [-0.3, -0.25) is 13.8 Å². The van der Waals surface area contributed by atoms with Gasteiger partial charge in [-0.15, -0.1) is 0 Å². The van der Waals surface area contributed by atoms with Crippen molar-refractivity contribution in [2.75, 3.05) is 27.5 Å². The molecule has 0 bridgehead atoms. The van der Waals surface area contributed by atoms with Crippen LogP contribution < -0.4 is 19.1 Å². The Morgan fingerprint density at radius 2 is 1.24 bits per heavy atom. The molecule has 1 amide bonds. The number of amides is 1. The Bertz CT molecular complexity index is 1710. The monoisotopic (exact) mass is 601 g/mol. The first kappa shape index (κ1) is 29.5. The van der Waals surface area contributed by atoms with Gasteiger partial charge in [-0.25, -0.2) is 25.6 Å². The molecule has 0 aliphatic heterocycles. The molecule has 0 radical (unpaired) electrons. The average molecular weight is 602 g/mol. The topological polar surface area (TPSA) is 122 Å². The van der Waals surface area contributed by atoms with E-state index < -0.39 is 44.1 Å². The SMILES string of the molecule is CCOc1ccc(S(=O)(=O)N(CC(=O)Nc2ccc(S(=O)(=O)Nc3ccc(F)cc3)cc2)c2ccc(F)cc2)cc1. The normalized spacial score (nSPS) is 11.5. The van der Waals surface area contributed by atoms with Gasteiger partial charge in [0.1, 0.15) is 23.9 Å². The molecule has 13 heteroatoms. The van der Waals surface area contributed by atoms with Crippen LogP contribution in [0.25, 0.3) is 0 Å². The molecule has 4 rings (SSSR count). The molecule has 0 aliphatic carbocycles. The van der Waals surface area contributed by atoms with E-state index in [1.165, 1.54) is 72.8 Å². The third-order valence-electron chi connectivity index (χ3n) is 5.67. The van der Waals surface area contributed by atoms with Gasteiger partial charge < -0.3 is 10.1 Å². The maximum absolute atomic E-state index is 13.6. The molecule has 41 heavy (non-hydrogen) atoms. The fraction of sp³-hybridized carbons (Fsp3) is 0.107. The fourth-order valence-electron chi connectivity index (χ4n) is 3.70. The number of sulfonamides is 2. The molecule has 0 atom stereocenters. The first-order valence-corrected chi connectivity index (χ1v) is 15.1. The Balaban J connectivity index is 1.52. The molecular weight excluding hydrogens is 576 g/mol. The first-order valence-electron chi connectivity index (χ1n) is 12.2. The summed E-state index contributed by atoms with van der Waals surface area (Å²) in [5.74, 6) is -1.36. The highest BCUT2D eigenvalue weighted by atomic mass is 32.2. The molecule has 4 aromatic rings. The predicted octanol–water partition coefficient (Wildman–Crippen LogP) is 5.00. The zero-order valence-electron chi connectivity index (χ0n) is 21.6. The van der Waals surface area contributed by atoms with Crippen molar-refractivity contribution in [2.45, 2.75) is 16.7 Å². The van der Waals surface area contributed by atoms with Gasteiger partial charge in [0.2, 0.25) is 5.91 Å². The van der Waals surface area contributed by atoms with Crippen molar-refractivity contribution >= 4 is 43.0 Å². The van der Waals surface area contributed by atoms with Gasteiger partial charge in [0.15, 0.2) is 0 Å². The first-order chi connectivity index (χ1) is 19.5. The van der Waals surface area contributed by atoms with Gasteiger partial charge in [-0.1, -0.05) is 0 Å². The molecule has 0 heterocycles. The Kier molecular flexibility index (Phi) is 8.89. The largest absolute Gasteiger partial charge is 0.494 e. The van der Waals surface area contributed by atoms with Crippen LogP contribution >= 0.6 is 0 Å². The molecular formula is C28H25F2N3O6S2. The van der Waals surface area contributed by atoms with Crippen LogP contribution in [-0.2, 0) is 24.8 Å². The Hall–Kier alpha value is -4.49. The van der Waals surface area contributed by atoms with Crippen LogP contribution in [0.5, 0.6) is 5.75 Å². The van der Waals surface area contributed by atoms with Crippen LogP contribution in [0, 0.1) is 11.6 Å². The number of benzene rings is 4. The molecule has 2 N–H and O–H groups in total. The number of nitrogens with one attached hydrogen (secondary N) is 2. The number of carbonyl (C=O) groups is 1. The average Bonchev–Trinajstić information content (AvgIpc) is 2.94. The molecule has 214 valence electrons. The van der Waals surface area contributed by atoms with Crippen LogP contribution in [0.3, 0.4) is 0 Å². The molecule has 0 saturated heterocycles. The number of ether oxygens (including phenoxy) is 1. The third-order valence-corrected chi connectivity index (χ3v) is 8.85. The lowest BCUT2D eigenvalue weighted by Crippen LogP contribution is -2.38. The summed E-state index contributed by atoms with van der Waals surface area (Å²) in [4.78, 5) is 12.7. The molecule has 4 aromatic carbocycles. The minimum Gasteiger partial charge on any atom is -0.494 e. The molecule has 0 aliphatic rings. The maximum atomic E-state index is 13.6. The van der Waals surface area contributed by atoms with Crippen molar-refractivity contribution in [1.82, 2.24) is 0 Å². The van der Waals surface area contributed by atoms with E-state index in [-0.39, 0.29) is 26.9 Å². The lowest BCUT2D eigenvalue weighted by atomic mass is 10.3. The third kappa shape index (κ3) is 7.38. The number of carbonyl (C=O) groups excluding carboxylic acids is 1. The molecule has 0 spiro atoms. The van der Waals surface area contributed by atoms with E-state index in [4.69, 9.17) is 4.74 Å². The summed E-state index contributed by atoms with van der Waals surface area (Å²) >= 11 is 0. The molecule has 0 aromatic heterocycles. The Morgan fingerprint density at radius 3 is 1.80 bits per heavy atom. The van der Waals surface area contributed by atoms with Crippen LogP contribution in [0.1, 0.15) is 6.92 Å². The zero-order valence-corrected chi connectivity index (χ0v) is 23.3. The van der Waals surface area contributed by atoms with E-state index in [0.717, 1.165) is 28.6 Å². The summed E-state index contributed by atoms with van der Waals surface area (Å²) in [5, 5.41) is 2.54. The van der Waals surface area contributed by atoms with Crippen molar-refractivity contribution < 1.29 is 35.1 Å². The van der Waals surface area contributed by atoms with E-state index >= 15 is 0 Å². The zero-order chi connectivity index (χ0) is 29.6. The minimum absolute atomic E-state index is 0.0590. The summed E-state index contributed by atoms with van der Waals surface area (Å²) in [6.45, 7) is 1.52. The predicted molar refractivity (Wildman–Crippen MR) is 151 cm³/mol. The van der Waals surface area contributed by atoms with Gasteiger partial charge in [0, 0.05) is 11.4 Å². The van der Waals surface area contributed by atoms with Gasteiger partial charge in [0.25, 0.3) is 20.0 Å². The van der Waals surface area contributed by atoms with Crippen molar-refractivity contribution in [3.05, 3.63) is 109 Å². The van der Waals surface area contributed by atoms with Crippen molar-refractivity contribution in [3.8, 4) is 5.75 Å². The van der Waals surface area contributed by atoms with E-state index in [1.807, 2.05) is 0 Å². The van der Waals surface area contributed by atoms with Gasteiger partial charge in [-0.05, 0) is 104 Å². The van der Waals surface area contributed by atoms with Crippen LogP contribution in [0.2, 0.25) is 0 Å². The standard InChI is InChI=1S/C28H25F2N3O6S2/c1-2-39-25-13-17-27(18-14-25)41(37,38)33(24-11-5-21(30)6-12-24)19-28(34)31-22-9-15-26(16-10-22)40(35,36)32-23-7-3-20(29)4-8-23/h3-18,32H,2,19H2,1H3,(H,31,34). The van der Waals surface area contributed by atoms with E-state index in [0.29, 0.717) is 12.4 Å². The Labute approximate surface area is 236 Å². The van der Waals surface area contributed by atoms with E-state index in [1.54, 1.807) is 6.92 Å². The molecule has 9 nitrogen and oxygen atoms in total. The van der Waals surface area contributed by atoms with Crippen LogP contribution in [0.4, 0.5) is 25.8 Å². The molecule has 0 unspecified atom stereocenters. The van der Waals surface area contributed by atoms with E-state index in [2.05, 4.69) is 10.0 Å². The lowest BCUT2D eigenvalue weighted by Gasteiger charge is -2.24. The smallest absolute Gasteiger partial charge is 0.264 e. The van der Waals surface area contributed by atoms with Crippen LogP contribution in [-0.4, -0.2) is 35.9 Å². The highest BCUT2D eigenvalue weighted by Crippen LogP contribution is 2.26. The number of anilines is 3. The highest BCUT2D eigenvalue weighted by Gasteiger charge is 2.27. The highest BCUT2D eigenvalue weighted by molar-refractivity contribution is 7.93. The maximum Gasteiger partial charge on any atom is 0.264 e. The molecule has 0 fully saturated rings. The number of hydrogen-bond acceptors (Lipinski definition) is 6. The van der Waals surface area contributed by atoms with Crippen molar-refractivity contribution in [1.29, 1.82) is 0 Å². The lowest BCUT2D eigenvalue weighted by molar-refractivity contribution is -0.114. The summed E-state index contributed by atoms with van der Waals surface area (Å²) < 4.78 is 87.5. The minimum atomic E-state index is -4.26. The summed E-state index contributed by atoms with van der Waals surface area (Å²) in [6.07, 6.45) is 0. The second-order valence-electron chi connectivity index (χ2n) is 8.58. The summed E-state index contributed by atoms with van der Waals surface area (Å²) in [6, 6.07) is 20.2. The second kappa shape index (κ2) is 12.4. The summed E-state index contributed by atoms with van der Waals surface area (Å²) in [5.41, 5.74) is 0.426. The van der Waals surface area contributed by atoms with Gasteiger partial charge in [-0.2, -0.15) is 0 Å². The van der Waals surface area contributed by atoms with E-state index in [9.17, 15) is 30.4 Å². The number of hydrogen-bond donors (Lipinski definition) is 2. The summed E-state index contributed by atoms with van der Waals surface area (Å²) in [7, 11) is -8.26. The van der Waals surface area contributed by atoms with Crippen molar-refractivity contribution in [2.24, 2.45) is 0 Å². The quantitative estimate of drug-likeness (QED) is 0.250. The van der Waals surface area contributed by atoms with Gasteiger partial charge >= 0.3 is 0 Å². The number of halogens is 2. The molecule has 0 saturated carbocycles. The fourth-order valence-corrected chi connectivity index (χ4v) is 6.18. The number of rotatable bonds is 11. The van der Waals surface area contributed by atoms with Crippen molar-refractivity contribution in [3.63, 3.8) is 0 Å². The Morgan fingerprint density at radius 1 is 0.732 bits per heavy atom. The van der Waals surface area contributed by atoms with Gasteiger partial charge in [0.05, 0.1) is 22.1 Å². The van der Waals surface area contributed by atoms with Crippen LogP contribution in [0.15, 0.2) is 107 Å². The second-order valence-corrected chi connectivity index (χ2v) is 12.1.